The number of carbonyl (C=O) groups excluding carboxylic acids is 1. The van der Waals surface area contributed by atoms with Crippen LogP contribution in [0.4, 0.5) is 0 Å². The first-order valence-electron chi connectivity index (χ1n) is 4.44. The van der Waals surface area contributed by atoms with Crippen LogP contribution in [0.15, 0.2) is 0 Å². The maximum atomic E-state index is 11.3. The van der Waals surface area contributed by atoms with Crippen molar-refractivity contribution in [2.45, 2.75) is 32.9 Å². The third-order valence-corrected chi connectivity index (χ3v) is 1.71. The Morgan fingerprint density at radius 1 is 1.36 bits per heavy atom. The molecule has 86 valence electrons. The molecule has 0 spiro atoms. The van der Waals surface area contributed by atoms with Crippen molar-refractivity contribution < 1.29 is 14.3 Å². The van der Waals surface area contributed by atoms with Crippen LogP contribution in [0.1, 0.15) is 20.8 Å². The van der Waals surface area contributed by atoms with E-state index < -0.39 is 6.04 Å². The number of rotatable bonds is 5. The van der Waals surface area contributed by atoms with Crippen LogP contribution >= 0.6 is 12.4 Å². The SMILES string of the molecule is COCC(C)OC(=O)C(N)C(C)C.Cl. The van der Waals surface area contributed by atoms with Crippen LogP contribution < -0.4 is 5.73 Å². The van der Waals surface area contributed by atoms with Crippen molar-refractivity contribution in [1.29, 1.82) is 0 Å². The lowest BCUT2D eigenvalue weighted by atomic mass is 10.1. The summed E-state index contributed by atoms with van der Waals surface area (Å²) in [5.41, 5.74) is 5.59. The van der Waals surface area contributed by atoms with E-state index in [4.69, 9.17) is 15.2 Å². The maximum absolute atomic E-state index is 11.3. The Bertz CT molecular complexity index is 164. The quantitative estimate of drug-likeness (QED) is 0.709. The minimum atomic E-state index is -0.542. The average molecular weight is 226 g/mol. The van der Waals surface area contributed by atoms with Gasteiger partial charge >= 0.3 is 5.97 Å². The highest BCUT2D eigenvalue weighted by atomic mass is 35.5. The summed E-state index contributed by atoms with van der Waals surface area (Å²) >= 11 is 0. The van der Waals surface area contributed by atoms with Gasteiger partial charge in [-0.15, -0.1) is 12.4 Å². The highest BCUT2D eigenvalue weighted by Crippen LogP contribution is 2.02. The van der Waals surface area contributed by atoms with Gasteiger partial charge in [0.2, 0.25) is 0 Å². The molecule has 0 aromatic heterocycles. The predicted molar refractivity (Wildman–Crippen MR) is 57.5 cm³/mol. The van der Waals surface area contributed by atoms with Gasteiger partial charge in [0, 0.05) is 7.11 Å². The second-order valence-corrected chi connectivity index (χ2v) is 3.47. The smallest absolute Gasteiger partial charge is 0.323 e. The highest BCUT2D eigenvalue weighted by Gasteiger charge is 2.20. The summed E-state index contributed by atoms with van der Waals surface area (Å²) < 4.78 is 9.85. The van der Waals surface area contributed by atoms with Crippen LogP contribution in [0.2, 0.25) is 0 Å². The summed E-state index contributed by atoms with van der Waals surface area (Å²) in [6.07, 6.45) is -0.234. The summed E-state index contributed by atoms with van der Waals surface area (Å²) in [6, 6.07) is -0.542. The molecule has 0 aromatic rings. The van der Waals surface area contributed by atoms with Crippen LogP contribution in [-0.4, -0.2) is 31.8 Å². The Kier molecular flexibility index (Phi) is 9.24. The van der Waals surface area contributed by atoms with Gasteiger partial charge in [0.25, 0.3) is 0 Å². The first-order chi connectivity index (χ1) is 5.99. The summed E-state index contributed by atoms with van der Waals surface area (Å²) in [4.78, 5) is 11.3. The Labute approximate surface area is 91.5 Å². The lowest BCUT2D eigenvalue weighted by Gasteiger charge is -2.18. The van der Waals surface area contributed by atoms with E-state index in [1.54, 1.807) is 14.0 Å². The molecule has 4 nitrogen and oxygen atoms in total. The molecule has 5 heteroatoms. The zero-order chi connectivity index (χ0) is 10.4. The van der Waals surface area contributed by atoms with Gasteiger partial charge in [-0.2, -0.15) is 0 Å². The van der Waals surface area contributed by atoms with Gasteiger partial charge in [-0.1, -0.05) is 13.8 Å². The summed E-state index contributed by atoms with van der Waals surface area (Å²) in [7, 11) is 1.56. The van der Waals surface area contributed by atoms with Crippen LogP contribution in [0.5, 0.6) is 0 Å². The number of halogens is 1. The van der Waals surface area contributed by atoms with Gasteiger partial charge in [0.05, 0.1) is 6.61 Å². The number of hydrogen-bond donors (Lipinski definition) is 1. The fourth-order valence-electron chi connectivity index (χ4n) is 0.818. The second kappa shape index (κ2) is 8.03. The van der Waals surface area contributed by atoms with E-state index in [0.717, 1.165) is 0 Å². The Morgan fingerprint density at radius 2 is 1.86 bits per heavy atom. The molecule has 0 fully saturated rings. The zero-order valence-electron chi connectivity index (χ0n) is 9.15. The van der Waals surface area contributed by atoms with E-state index in [-0.39, 0.29) is 30.4 Å². The van der Waals surface area contributed by atoms with E-state index in [2.05, 4.69) is 0 Å². The van der Waals surface area contributed by atoms with Crippen molar-refractivity contribution in [3.8, 4) is 0 Å². The zero-order valence-corrected chi connectivity index (χ0v) is 9.97. The van der Waals surface area contributed by atoms with Crippen molar-refractivity contribution in [3.63, 3.8) is 0 Å². The molecule has 2 N–H and O–H groups in total. The van der Waals surface area contributed by atoms with Gasteiger partial charge in [-0.3, -0.25) is 4.79 Å². The summed E-state index contributed by atoms with van der Waals surface area (Å²) in [5, 5.41) is 0. The van der Waals surface area contributed by atoms with E-state index >= 15 is 0 Å². The second-order valence-electron chi connectivity index (χ2n) is 3.47. The van der Waals surface area contributed by atoms with E-state index in [9.17, 15) is 4.79 Å². The van der Waals surface area contributed by atoms with Crippen LogP contribution in [0, 0.1) is 5.92 Å². The third-order valence-electron chi connectivity index (χ3n) is 1.71. The summed E-state index contributed by atoms with van der Waals surface area (Å²) in [5.74, 6) is -0.262. The Balaban J connectivity index is 0. The van der Waals surface area contributed by atoms with Gasteiger partial charge in [0.15, 0.2) is 0 Å². The third kappa shape index (κ3) is 6.18. The minimum Gasteiger partial charge on any atom is -0.459 e. The molecule has 0 saturated heterocycles. The van der Waals surface area contributed by atoms with E-state index in [1.807, 2.05) is 13.8 Å². The lowest BCUT2D eigenvalue weighted by molar-refractivity contribution is -0.153. The fraction of sp³-hybridized carbons (Fsp3) is 0.889. The number of hydrogen-bond acceptors (Lipinski definition) is 4. The molecule has 0 heterocycles. The minimum absolute atomic E-state index is 0. The molecule has 0 aromatic carbocycles. The number of esters is 1. The van der Waals surface area contributed by atoms with E-state index in [1.165, 1.54) is 0 Å². The van der Waals surface area contributed by atoms with Crippen molar-refractivity contribution in [2.24, 2.45) is 11.7 Å². The highest BCUT2D eigenvalue weighted by molar-refractivity contribution is 5.85. The molecule has 0 aliphatic rings. The molecule has 2 atom stereocenters. The van der Waals surface area contributed by atoms with Gasteiger partial charge in [0.1, 0.15) is 12.1 Å². The lowest BCUT2D eigenvalue weighted by Crippen LogP contribution is -2.39. The van der Waals surface area contributed by atoms with Crippen molar-refractivity contribution in [3.05, 3.63) is 0 Å². The molecular formula is C9H20ClNO3. The largest absolute Gasteiger partial charge is 0.459 e. The molecule has 0 radical (unpaired) electrons. The van der Waals surface area contributed by atoms with Gasteiger partial charge < -0.3 is 15.2 Å². The van der Waals surface area contributed by atoms with Crippen LogP contribution in [-0.2, 0) is 14.3 Å². The predicted octanol–water partition coefficient (Wildman–Crippen LogP) is 0.970. The Morgan fingerprint density at radius 3 is 2.21 bits per heavy atom. The molecular weight excluding hydrogens is 206 g/mol. The van der Waals surface area contributed by atoms with E-state index in [0.29, 0.717) is 6.61 Å². The fourth-order valence-corrected chi connectivity index (χ4v) is 0.818. The normalized spacial score (nSPS) is 14.4. The van der Waals surface area contributed by atoms with Crippen molar-refractivity contribution in [1.82, 2.24) is 0 Å². The number of nitrogens with two attached hydrogens (primary N) is 1. The number of methoxy groups -OCH3 is 1. The van der Waals surface area contributed by atoms with Crippen LogP contribution in [0.25, 0.3) is 0 Å². The molecule has 2 unspecified atom stereocenters. The molecule has 0 aliphatic carbocycles. The van der Waals surface area contributed by atoms with Gasteiger partial charge in [-0.05, 0) is 12.8 Å². The Hall–Kier alpha value is -0.320. The standard InChI is InChI=1S/C9H19NO3.ClH/c1-6(2)8(10)9(11)13-7(3)5-12-4;/h6-8H,5,10H2,1-4H3;1H. The molecule has 0 amide bonds. The molecule has 0 aliphatic heterocycles. The maximum Gasteiger partial charge on any atom is 0.323 e. The average Bonchev–Trinajstić information content (AvgIpc) is 2.03. The first-order valence-corrected chi connectivity index (χ1v) is 4.44. The summed E-state index contributed by atoms with van der Waals surface area (Å²) in [6.45, 7) is 5.94. The van der Waals surface area contributed by atoms with Crippen molar-refractivity contribution in [2.75, 3.05) is 13.7 Å². The van der Waals surface area contributed by atoms with Crippen LogP contribution in [0.3, 0.4) is 0 Å². The number of ether oxygens (including phenoxy) is 2. The molecule has 0 rings (SSSR count). The monoisotopic (exact) mass is 225 g/mol. The molecule has 0 saturated carbocycles. The topological polar surface area (TPSA) is 61.5 Å². The molecule has 14 heavy (non-hydrogen) atoms. The molecule has 0 bridgehead atoms. The number of carbonyl (C=O) groups is 1. The van der Waals surface area contributed by atoms with Crippen molar-refractivity contribution >= 4 is 18.4 Å². The first kappa shape index (κ1) is 16.1. The van der Waals surface area contributed by atoms with Gasteiger partial charge in [-0.25, -0.2) is 0 Å².